The van der Waals surface area contributed by atoms with Crippen LogP contribution < -0.4 is 9.30 Å². The van der Waals surface area contributed by atoms with Gasteiger partial charge < -0.3 is 14.2 Å². The van der Waals surface area contributed by atoms with Gasteiger partial charge in [0, 0.05) is 32.5 Å². The number of aromatic amines is 1. The molecule has 0 radical (unpaired) electrons. The lowest BCUT2D eigenvalue weighted by molar-refractivity contribution is -0.721. The first-order valence-electron chi connectivity index (χ1n) is 12.8. The van der Waals surface area contributed by atoms with E-state index in [1.54, 1.807) is 32.9 Å². The summed E-state index contributed by atoms with van der Waals surface area (Å²) in [5.74, 6) is -0.878. The number of carbonyl (C=O) groups excluding carboxylic acids is 1. The molecule has 0 saturated heterocycles. The smallest absolute Gasteiger partial charge is 0.457 e. The van der Waals surface area contributed by atoms with Crippen LogP contribution in [-0.4, -0.2) is 44.3 Å². The SMILES string of the molecule is COC(=O)C(C)(C)COc1cc(C)c(-c2ccc(-c3[nH]c(C(F)(F)F)c[n+]3COCC[Si](C)(C)C)c(F)c2)cn1. The van der Waals surface area contributed by atoms with Crippen molar-refractivity contribution in [2.45, 2.75) is 59.4 Å². The molecule has 12 heteroatoms. The monoisotopic (exact) mass is 582 g/mol. The number of H-pyrrole nitrogens is 1. The molecule has 40 heavy (non-hydrogen) atoms. The zero-order valence-corrected chi connectivity index (χ0v) is 24.8. The number of imidazole rings is 1. The second-order valence-electron chi connectivity index (χ2n) is 11.5. The maximum Gasteiger partial charge on any atom is 0.457 e. The van der Waals surface area contributed by atoms with Crippen molar-refractivity contribution in [3.63, 3.8) is 0 Å². The van der Waals surface area contributed by atoms with Gasteiger partial charge in [0.05, 0.1) is 18.1 Å². The minimum absolute atomic E-state index is 0.0244. The standard InChI is InChI=1S/C28H35F4N3O4Si/c1-18-12-24(39-16-27(2,3)26(36)37-4)33-14-21(18)19-8-9-20(22(29)13-19)25-34-23(28(30,31)32)15-35(25)17-38-10-11-40(5,6)7/h8-9,12-15H,10-11,16-17H2,1-7H3/p+1. The highest BCUT2D eigenvalue weighted by molar-refractivity contribution is 6.76. The molecular weight excluding hydrogens is 546 g/mol. The van der Waals surface area contributed by atoms with Crippen LogP contribution in [0.1, 0.15) is 25.1 Å². The molecule has 3 rings (SSSR count). The first-order valence-corrected chi connectivity index (χ1v) is 16.5. The molecule has 0 bridgehead atoms. The number of hydrogen-bond donors (Lipinski definition) is 1. The largest absolute Gasteiger partial charge is 0.476 e. The van der Waals surface area contributed by atoms with E-state index in [-0.39, 0.29) is 30.6 Å². The third-order valence-corrected chi connectivity index (χ3v) is 8.00. The quantitative estimate of drug-likeness (QED) is 0.0933. The summed E-state index contributed by atoms with van der Waals surface area (Å²) in [5.41, 5.74) is -0.0436. The number of hydrogen-bond acceptors (Lipinski definition) is 5. The number of rotatable bonds is 11. The molecular formula is C28H36F4N3O4Si+. The molecule has 0 fully saturated rings. The number of alkyl halides is 3. The van der Waals surface area contributed by atoms with Crippen molar-refractivity contribution in [2.75, 3.05) is 20.3 Å². The number of nitrogens with zero attached hydrogens (tertiary/aromatic N) is 2. The van der Waals surface area contributed by atoms with E-state index in [2.05, 4.69) is 29.6 Å². The predicted molar refractivity (Wildman–Crippen MR) is 145 cm³/mol. The molecule has 0 aliphatic carbocycles. The van der Waals surface area contributed by atoms with Gasteiger partial charge in [-0.3, -0.25) is 4.79 Å². The molecule has 0 atom stereocenters. The number of carbonyl (C=O) groups is 1. The Balaban J connectivity index is 1.85. The van der Waals surface area contributed by atoms with Gasteiger partial charge in [0.1, 0.15) is 18.6 Å². The first-order chi connectivity index (χ1) is 18.5. The van der Waals surface area contributed by atoms with E-state index < -0.39 is 37.1 Å². The fourth-order valence-electron chi connectivity index (χ4n) is 3.84. The van der Waals surface area contributed by atoms with Gasteiger partial charge in [-0.2, -0.15) is 13.2 Å². The topological polar surface area (TPSA) is 77.3 Å². The van der Waals surface area contributed by atoms with E-state index in [1.165, 1.54) is 30.0 Å². The Kier molecular flexibility index (Phi) is 9.45. The minimum atomic E-state index is -4.63. The third-order valence-electron chi connectivity index (χ3n) is 6.30. The number of nitrogens with one attached hydrogen (secondary N) is 1. The number of aromatic nitrogens is 3. The van der Waals surface area contributed by atoms with Crippen molar-refractivity contribution < 1.29 is 41.1 Å². The van der Waals surface area contributed by atoms with Crippen LogP contribution >= 0.6 is 0 Å². The lowest BCUT2D eigenvalue weighted by atomic mass is 9.95. The number of methoxy groups -OCH3 is 1. The average Bonchev–Trinajstić information content (AvgIpc) is 3.29. The maximum atomic E-state index is 15.4. The van der Waals surface area contributed by atoms with Crippen LogP contribution in [0.5, 0.6) is 5.88 Å². The zero-order chi connectivity index (χ0) is 29.9. The van der Waals surface area contributed by atoms with Crippen LogP contribution in [-0.2, 0) is 27.2 Å². The van der Waals surface area contributed by atoms with Crippen molar-refractivity contribution in [2.24, 2.45) is 5.41 Å². The maximum absolute atomic E-state index is 15.4. The normalized spacial score (nSPS) is 12.5. The van der Waals surface area contributed by atoms with Gasteiger partial charge in [0.2, 0.25) is 11.6 Å². The summed E-state index contributed by atoms with van der Waals surface area (Å²) in [6.07, 6.45) is -2.22. The van der Waals surface area contributed by atoms with Crippen LogP contribution in [0.25, 0.3) is 22.5 Å². The molecule has 2 aromatic heterocycles. The van der Waals surface area contributed by atoms with Crippen LogP contribution in [0.3, 0.4) is 0 Å². The van der Waals surface area contributed by atoms with Crippen molar-refractivity contribution in [3.05, 3.63) is 53.7 Å². The van der Waals surface area contributed by atoms with Gasteiger partial charge in [0.15, 0.2) is 6.73 Å². The van der Waals surface area contributed by atoms with Gasteiger partial charge in [-0.15, -0.1) is 0 Å². The number of ether oxygens (including phenoxy) is 3. The lowest BCUT2D eigenvalue weighted by Gasteiger charge is -2.21. The van der Waals surface area contributed by atoms with Crippen molar-refractivity contribution in [3.8, 4) is 28.4 Å². The molecule has 0 amide bonds. The molecule has 0 unspecified atom stereocenters. The van der Waals surface area contributed by atoms with Gasteiger partial charge in [-0.25, -0.2) is 18.9 Å². The average molecular weight is 583 g/mol. The van der Waals surface area contributed by atoms with E-state index in [0.717, 1.165) is 17.8 Å². The molecule has 218 valence electrons. The Morgan fingerprint density at radius 2 is 1.82 bits per heavy atom. The van der Waals surface area contributed by atoms with E-state index >= 15 is 4.39 Å². The van der Waals surface area contributed by atoms with Crippen molar-refractivity contribution >= 4 is 14.0 Å². The fraction of sp³-hybridized carbons (Fsp3) is 0.464. The molecule has 1 aromatic carbocycles. The van der Waals surface area contributed by atoms with Crippen LogP contribution in [0.4, 0.5) is 17.6 Å². The minimum Gasteiger partial charge on any atom is -0.476 e. The lowest BCUT2D eigenvalue weighted by Crippen LogP contribution is -2.36. The van der Waals surface area contributed by atoms with Gasteiger partial charge >= 0.3 is 12.1 Å². The highest BCUT2D eigenvalue weighted by atomic mass is 28.3. The molecule has 2 heterocycles. The molecule has 0 spiro atoms. The first kappa shape index (κ1) is 31.3. The van der Waals surface area contributed by atoms with E-state index in [0.29, 0.717) is 17.7 Å². The highest BCUT2D eigenvalue weighted by Crippen LogP contribution is 2.32. The summed E-state index contributed by atoms with van der Waals surface area (Å²) >= 11 is 0. The van der Waals surface area contributed by atoms with Crippen molar-refractivity contribution in [1.29, 1.82) is 0 Å². The number of esters is 1. The van der Waals surface area contributed by atoms with E-state index in [9.17, 15) is 18.0 Å². The molecule has 1 N–H and O–H groups in total. The van der Waals surface area contributed by atoms with Crippen LogP contribution in [0, 0.1) is 18.2 Å². The number of halogens is 4. The Bertz CT molecular complexity index is 1350. The van der Waals surface area contributed by atoms with Gasteiger partial charge in [-0.1, -0.05) is 25.7 Å². The molecule has 7 nitrogen and oxygen atoms in total. The summed E-state index contributed by atoms with van der Waals surface area (Å²) in [4.78, 5) is 18.5. The van der Waals surface area contributed by atoms with Gasteiger partial charge in [0.25, 0.3) is 5.82 Å². The highest BCUT2D eigenvalue weighted by Gasteiger charge is 2.39. The van der Waals surface area contributed by atoms with E-state index in [1.807, 2.05) is 0 Å². The number of aryl methyl sites for hydroxylation is 1. The summed E-state index contributed by atoms with van der Waals surface area (Å²) in [6, 6.07) is 6.82. The Labute approximate surface area is 232 Å². The second-order valence-corrected chi connectivity index (χ2v) is 17.1. The van der Waals surface area contributed by atoms with Gasteiger partial charge in [-0.05, 0) is 50.1 Å². The number of pyridine rings is 1. The predicted octanol–water partition coefficient (Wildman–Crippen LogP) is 6.39. The second kappa shape index (κ2) is 12.1. The number of benzene rings is 1. The summed E-state index contributed by atoms with van der Waals surface area (Å²) in [5, 5.41) is 0. The summed E-state index contributed by atoms with van der Waals surface area (Å²) < 4.78 is 73.1. The zero-order valence-electron chi connectivity index (χ0n) is 23.8. The van der Waals surface area contributed by atoms with Crippen molar-refractivity contribution in [1.82, 2.24) is 9.97 Å². The Morgan fingerprint density at radius 3 is 2.40 bits per heavy atom. The third kappa shape index (κ3) is 7.91. The Morgan fingerprint density at radius 1 is 1.12 bits per heavy atom. The fourth-order valence-corrected chi connectivity index (χ4v) is 4.59. The summed E-state index contributed by atoms with van der Waals surface area (Å²) in [6.45, 7) is 12.0. The molecule has 0 aliphatic rings. The van der Waals surface area contributed by atoms with Crippen LogP contribution in [0.15, 0.2) is 36.7 Å². The molecule has 3 aromatic rings. The Hall–Kier alpha value is -3.25. The molecule has 0 saturated carbocycles. The summed E-state index contributed by atoms with van der Waals surface area (Å²) in [7, 11) is -0.0816. The van der Waals surface area contributed by atoms with Crippen LogP contribution in [0.2, 0.25) is 25.7 Å². The molecule has 0 aliphatic heterocycles. The van der Waals surface area contributed by atoms with E-state index in [4.69, 9.17) is 14.2 Å².